The molecule has 1 amide bonds. The van der Waals surface area contributed by atoms with Crippen molar-refractivity contribution in [1.29, 1.82) is 0 Å². The van der Waals surface area contributed by atoms with Crippen LogP contribution in [0.5, 0.6) is 0 Å². The van der Waals surface area contributed by atoms with Crippen molar-refractivity contribution >= 4 is 31.2 Å². The summed E-state index contributed by atoms with van der Waals surface area (Å²) in [5.74, 6) is 0.355. The van der Waals surface area contributed by atoms with E-state index >= 15 is 0 Å². The smallest absolute Gasteiger partial charge is 0.259 e. The van der Waals surface area contributed by atoms with Crippen LogP contribution >= 0.6 is 11.8 Å². The highest BCUT2D eigenvalue weighted by Gasteiger charge is 2.40. The Labute approximate surface area is 90.5 Å². The summed E-state index contributed by atoms with van der Waals surface area (Å²) >= 11 is 1.41. The molecule has 0 N–H and O–H groups in total. The molecule has 0 radical (unpaired) electrons. The first-order valence-corrected chi connectivity index (χ1v) is 8.55. The molecule has 0 aromatic carbocycles. The zero-order chi connectivity index (χ0) is 11.0. The molecule has 0 saturated carbocycles. The number of amides is 1. The van der Waals surface area contributed by atoms with E-state index in [1.165, 1.54) is 11.8 Å². The molecule has 14 heavy (non-hydrogen) atoms. The monoisotopic (exact) mass is 231 g/mol. The maximum atomic E-state index is 10.9. The fourth-order valence-corrected chi connectivity index (χ4v) is 2.84. The van der Waals surface area contributed by atoms with E-state index < -0.39 is 8.32 Å². The predicted molar refractivity (Wildman–Crippen MR) is 63.2 cm³/mol. The Morgan fingerprint density at radius 2 is 2.00 bits per heavy atom. The van der Waals surface area contributed by atoms with Gasteiger partial charge in [-0.25, -0.2) is 0 Å². The highest BCUT2D eigenvalue weighted by atomic mass is 32.2. The van der Waals surface area contributed by atoms with Gasteiger partial charge in [0, 0.05) is 0 Å². The van der Waals surface area contributed by atoms with Crippen LogP contribution in [-0.4, -0.2) is 25.2 Å². The van der Waals surface area contributed by atoms with Crippen molar-refractivity contribution < 1.29 is 9.22 Å². The zero-order valence-electron chi connectivity index (χ0n) is 9.38. The minimum atomic E-state index is -1.80. The third-order valence-corrected chi connectivity index (χ3v) is 7.96. The van der Waals surface area contributed by atoms with Gasteiger partial charge in [-0.2, -0.15) is 4.99 Å². The molecule has 1 aliphatic rings. The van der Waals surface area contributed by atoms with Crippen LogP contribution in [0, 0.1) is 0 Å². The quantitative estimate of drug-likeness (QED) is 0.651. The van der Waals surface area contributed by atoms with Gasteiger partial charge in [0.2, 0.25) is 5.23 Å². The van der Waals surface area contributed by atoms with Gasteiger partial charge < -0.3 is 4.43 Å². The Hall–Kier alpha value is -0.293. The van der Waals surface area contributed by atoms with Gasteiger partial charge in [0.1, 0.15) is 0 Å². The summed E-state index contributed by atoms with van der Waals surface area (Å²) in [6.45, 7) is 10.8. The average Bonchev–Trinajstić information content (AvgIpc) is 2.31. The summed E-state index contributed by atoms with van der Waals surface area (Å²) in [6, 6.07) is 0. The summed E-state index contributed by atoms with van der Waals surface area (Å²) in [7, 11) is -1.80. The number of hydrogen-bond acceptors (Lipinski definition) is 3. The summed E-state index contributed by atoms with van der Waals surface area (Å²) in [4.78, 5) is 14.8. The van der Waals surface area contributed by atoms with Crippen LogP contribution in [-0.2, 0) is 9.22 Å². The maximum absolute atomic E-state index is 10.9. The van der Waals surface area contributed by atoms with Gasteiger partial charge >= 0.3 is 0 Å². The highest BCUT2D eigenvalue weighted by Crippen LogP contribution is 2.38. The molecule has 0 aromatic heterocycles. The Morgan fingerprint density at radius 3 is 2.36 bits per heavy atom. The van der Waals surface area contributed by atoms with Crippen molar-refractivity contribution in [2.75, 3.05) is 5.75 Å². The standard InChI is InChI=1S/C9H17NO2SSi/c1-9(2,3)14(4,5)12-8-10-7(11)6-13-8/h6H2,1-5H3. The molecular formula is C9H17NO2SSi. The van der Waals surface area contributed by atoms with Gasteiger partial charge in [-0.15, -0.1) is 0 Å². The molecule has 0 unspecified atom stereocenters. The Bertz CT molecular complexity index is 281. The van der Waals surface area contributed by atoms with Gasteiger partial charge in [0.05, 0.1) is 5.75 Å². The summed E-state index contributed by atoms with van der Waals surface area (Å²) in [6.07, 6.45) is 0. The summed E-state index contributed by atoms with van der Waals surface area (Å²) < 4.78 is 5.86. The molecule has 0 bridgehead atoms. The minimum Gasteiger partial charge on any atom is -0.526 e. The third-order valence-electron chi connectivity index (χ3n) is 2.68. The molecule has 80 valence electrons. The van der Waals surface area contributed by atoms with Crippen LogP contribution in [0.4, 0.5) is 0 Å². The Morgan fingerprint density at radius 1 is 1.43 bits per heavy atom. The second-order valence-electron chi connectivity index (χ2n) is 4.92. The Balaban J connectivity index is 2.69. The first kappa shape index (κ1) is 11.8. The van der Waals surface area contributed by atoms with Gasteiger partial charge in [-0.1, -0.05) is 32.5 Å². The topological polar surface area (TPSA) is 38.7 Å². The van der Waals surface area contributed by atoms with E-state index in [1.54, 1.807) is 0 Å². The number of rotatable bonds is 1. The van der Waals surface area contributed by atoms with Crippen LogP contribution in [0.1, 0.15) is 20.8 Å². The lowest BCUT2D eigenvalue weighted by Crippen LogP contribution is -2.41. The van der Waals surface area contributed by atoms with Crippen LogP contribution < -0.4 is 0 Å². The summed E-state index contributed by atoms with van der Waals surface area (Å²) in [5.41, 5.74) is 0. The summed E-state index contributed by atoms with van der Waals surface area (Å²) in [5, 5.41) is 0.725. The van der Waals surface area contributed by atoms with E-state index in [0.29, 0.717) is 11.0 Å². The first-order chi connectivity index (χ1) is 6.22. The van der Waals surface area contributed by atoms with Crippen molar-refractivity contribution in [3.05, 3.63) is 0 Å². The van der Waals surface area contributed by atoms with E-state index in [9.17, 15) is 4.79 Å². The second-order valence-corrected chi connectivity index (χ2v) is 10.6. The highest BCUT2D eigenvalue weighted by molar-refractivity contribution is 8.14. The van der Waals surface area contributed by atoms with Crippen LogP contribution in [0.25, 0.3) is 0 Å². The molecule has 0 aromatic rings. The van der Waals surface area contributed by atoms with Gasteiger partial charge in [-0.05, 0) is 18.1 Å². The van der Waals surface area contributed by atoms with Crippen molar-refractivity contribution in [1.82, 2.24) is 0 Å². The normalized spacial score (nSPS) is 18.4. The molecular weight excluding hydrogens is 214 g/mol. The largest absolute Gasteiger partial charge is 0.526 e. The molecule has 3 nitrogen and oxygen atoms in total. The van der Waals surface area contributed by atoms with Crippen molar-refractivity contribution in [2.45, 2.75) is 38.9 Å². The molecule has 1 heterocycles. The molecule has 1 rings (SSSR count). The minimum absolute atomic E-state index is 0.0799. The fraction of sp³-hybridized carbons (Fsp3) is 0.778. The molecule has 0 fully saturated rings. The van der Waals surface area contributed by atoms with Crippen LogP contribution in [0.15, 0.2) is 4.99 Å². The van der Waals surface area contributed by atoms with E-state index in [0.717, 1.165) is 0 Å². The van der Waals surface area contributed by atoms with Gasteiger partial charge in [0.15, 0.2) is 0 Å². The molecule has 0 atom stereocenters. The number of aliphatic imine (C=N–C) groups is 1. The number of carbonyl (C=O) groups excluding carboxylic acids is 1. The fourth-order valence-electron chi connectivity index (χ4n) is 0.713. The lowest BCUT2D eigenvalue weighted by atomic mass is 10.2. The molecule has 0 spiro atoms. The van der Waals surface area contributed by atoms with E-state index in [-0.39, 0.29) is 10.9 Å². The van der Waals surface area contributed by atoms with E-state index in [4.69, 9.17) is 4.43 Å². The number of hydrogen-bond donors (Lipinski definition) is 0. The lowest BCUT2D eigenvalue weighted by molar-refractivity contribution is -0.115. The van der Waals surface area contributed by atoms with Crippen LogP contribution in [0.2, 0.25) is 18.1 Å². The number of nitrogens with zero attached hydrogens (tertiary/aromatic N) is 1. The van der Waals surface area contributed by atoms with Crippen LogP contribution in [0.3, 0.4) is 0 Å². The second kappa shape index (κ2) is 3.70. The maximum Gasteiger partial charge on any atom is 0.259 e. The molecule has 0 saturated heterocycles. The average molecular weight is 231 g/mol. The SMILES string of the molecule is CC(C)(C)[Si](C)(C)OC1=NC(=O)CS1. The van der Waals surface area contributed by atoms with E-state index in [2.05, 4.69) is 38.9 Å². The molecule has 1 aliphatic heterocycles. The number of carbonyl (C=O) groups is 1. The molecule has 0 aliphatic carbocycles. The molecule has 5 heteroatoms. The van der Waals surface area contributed by atoms with Gasteiger partial charge in [-0.3, -0.25) is 4.79 Å². The predicted octanol–water partition coefficient (Wildman–Crippen LogP) is 2.64. The third kappa shape index (κ3) is 2.60. The van der Waals surface area contributed by atoms with Crippen molar-refractivity contribution in [3.63, 3.8) is 0 Å². The number of thioether (sulfide) groups is 1. The lowest BCUT2D eigenvalue weighted by Gasteiger charge is -2.35. The van der Waals surface area contributed by atoms with Crippen molar-refractivity contribution in [3.8, 4) is 0 Å². The van der Waals surface area contributed by atoms with Crippen molar-refractivity contribution in [2.24, 2.45) is 4.99 Å². The Kier molecular flexibility index (Phi) is 3.11. The van der Waals surface area contributed by atoms with Gasteiger partial charge in [0.25, 0.3) is 14.2 Å². The first-order valence-electron chi connectivity index (χ1n) is 4.66. The zero-order valence-corrected chi connectivity index (χ0v) is 11.2. The van der Waals surface area contributed by atoms with E-state index in [1.807, 2.05) is 0 Å².